The minimum absolute atomic E-state index is 0.169. The van der Waals surface area contributed by atoms with Gasteiger partial charge in [-0.2, -0.15) is 5.26 Å². The smallest absolute Gasteiger partial charge is 0.234 e. The van der Waals surface area contributed by atoms with Gasteiger partial charge in [-0.15, -0.1) is 0 Å². The van der Waals surface area contributed by atoms with Crippen molar-refractivity contribution in [1.82, 2.24) is 4.90 Å². The third-order valence-electron chi connectivity index (χ3n) is 3.55. The Labute approximate surface area is 118 Å². The van der Waals surface area contributed by atoms with Crippen molar-refractivity contribution in [2.75, 3.05) is 19.7 Å². The number of carbonyl (C=O) groups is 1. The predicted molar refractivity (Wildman–Crippen MR) is 75.1 cm³/mol. The first kappa shape index (κ1) is 14.4. The Morgan fingerprint density at radius 2 is 2.35 bits per heavy atom. The molecule has 20 heavy (non-hydrogen) atoms. The average molecular weight is 273 g/mol. The lowest BCUT2D eigenvalue weighted by Gasteiger charge is -2.33. The molecular formula is C15H19N3O2. The van der Waals surface area contributed by atoms with Gasteiger partial charge in [0.25, 0.3) is 0 Å². The van der Waals surface area contributed by atoms with E-state index in [4.69, 9.17) is 15.7 Å². The number of carbonyl (C=O) groups excluding carboxylic acids is 1. The summed E-state index contributed by atoms with van der Waals surface area (Å²) >= 11 is 0. The standard InChI is InChI=1S/C15H19N3O2/c16-11-12-4-3-5-13(10-12)20-9-8-18-7-2-1-6-14(18)15(17)19/h3-5,10,14H,1-2,6-9H2,(H2,17,19). The Morgan fingerprint density at radius 3 is 3.10 bits per heavy atom. The number of piperidine rings is 1. The molecule has 2 rings (SSSR count). The van der Waals surface area contributed by atoms with Gasteiger partial charge in [0.1, 0.15) is 12.4 Å². The summed E-state index contributed by atoms with van der Waals surface area (Å²) < 4.78 is 5.63. The van der Waals surface area contributed by atoms with Gasteiger partial charge in [-0.05, 0) is 37.6 Å². The molecule has 0 spiro atoms. The van der Waals surface area contributed by atoms with Gasteiger partial charge in [-0.25, -0.2) is 0 Å². The number of ether oxygens (including phenoxy) is 1. The molecule has 5 heteroatoms. The van der Waals surface area contributed by atoms with Crippen molar-refractivity contribution in [3.05, 3.63) is 29.8 Å². The van der Waals surface area contributed by atoms with E-state index in [1.807, 2.05) is 6.07 Å². The highest BCUT2D eigenvalue weighted by Gasteiger charge is 2.26. The van der Waals surface area contributed by atoms with E-state index in [1.54, 1.807) is 18.2 Å². The molecule has 1 unspecified atom stereocenters. The van der Waals surface area contributed by atoms with E-state index in [9.17, 15) is 4.79 Å². The molecule has 1 amide bonds. The van der Waals surface area contributed by atoms with E-state index in [-0.39, 0.29) is 11.9 Å². The van der Waals surface area contributed by atoms with Crippen LogP contribution in [0, 0.1) is 11.3 Å². The van der Waals surface area contributed by atoms with Crippen LogP contribution in [0.1, 0.15) is 24.8 Å². The maximum Gasteiger partial charge on any atom is 0.234 e. The molecule has 1 heterocycles. The van der Waals surface area contributed by atoms with Crippen LogP contribution in [-0.2, 0) is 4.79 Å². The lowest BCUT2D eigenvalue weighted by Crippen LogP contribution is -2.48. The summed E-state index contributed by atoms with van der Waals surface area (Å²) in [7, 11) is 0. The van der Waals surface area contributed by atoms with Crippen molar-refractivity contribution in [2.45, 2.75) is 25.3 Å². The van der Waals surface area contributed by atoms with Crippen LogP contribution < -0.4 is 10.5 Å². The molecular weight excluding hydrogens is 254 g/mol. The number of nitriles is 1. The molecule has 1 aromatic rings. The molecule has 0 bridgehead atoms. The SMILES string of the molecule is N#Cc1cccc(OCCN2CCCCC2C(N)=O)c1. The second-order valence-electron chi connectivity index (χ2n) is 4.94. The van der Waals surface area contributed by atoms with Crippen molar-refractivity contribution in [3.63, 3.8) is 0 Å². The van der Waals surface area contributed by atoms with Crippen LogP contribution in [0.25, 0.3) is 0 Å². The molecule has 106 valence electrons. The van der Waals surface area contributed by atoms with Gasteiger partial charge < -0.3 is 10.5 Å². The average Bonchev–Trinajstić information content (AvgIpc) is 2.48. The number of rotatable bonds is 5. The highest BCUT2D eigenvalue weighted by Crippen LogP contribution is 2.17. The molecule has 0 aromatic heterocycles. The second-order valence-corrected chi connectivity index (χ2v) is 4.94. The van der Waals surface area contributed by atoms with Crippen molar-refractivity contribution in [2.24, 2.45) is 5.73 Å². The van der Waals surface area contributed by atoms with E-state index < -0.39 is 0 Å². The molecule has 2 N–H and O–H groups in total. The molecule has 1 saturated heterocycles. The van der Waals surface area contributed by atoms with Gasteiger partial charge in [0.15, 0.2) is 0 Å². The fourth-order valence-corrected chi connectivity index (χ4v) is 2.52. The minimum Gasteiger partial charge on any atom is -0.492 e. The van der Waals surface area contributed by atoms with Crippen LogP contribution in [0.2, 0.25) is 0 Å². The zero-order valence-electron chi connectivity index (χ0n) is 11.4. The van der Waals surface area contributed by atoms with Gasteiger partial charge >= 0.3 is 0 Å². The van der Waals surface area contributed by atoms with E-state index in [0.29, 0.717) is 24.5 Å². The quantitative estimate of drug-likeness (QED) is 0.876. The zero-order valence-corrected chi connectivity index (χ0v) is 11.4. The number of benzene rings is 1. The summed E-state index contributed by atoms with van der Waals surface area (Å²) in [6.45, 7) is 2.04. The number of likely N-dealkylation sites (tertiary alicyclic amines) is 1. The van der Waals surface area contributed by atoms with Gasteiger partial charge in [0.05, 0.1) is 17.7 Å². The Bertz CT molecular complexity index is 510. The lowest BCUT2D eigenvalue weighted by atomic mass is 10.0. The van der Waals surface area contributed by atoms with Gasteiger partial charge in [0, 0.05) is 6.54 Å². The molecule has 1 fully saturated rings. The largest absolute Gasteiger partial charge is 0.492 e. The maximum atomic E-state index is 11.4. The number of nitrogens with two attached hydrogens (primary N) is 1. The normalized spacial score (nSPS) is 19.2. The Morgan fingerprint density at radius 1 is 1.50 bits per heavy atom. The summed E-state index contributed by atoms with van der Waals surface area (Å²) in [6.07, 6.45) is 2.97. The molecule has 0 saturated carbocycles. The first-order valence-corrected chi connectivity index (χ1v) is 6.87. The molecule has 1 aliphatic rings. The van der Waals surface area contributed by atoms with Crippen LogP contribution in [0.4, 0.5) is 0 Å². The Balaban J connectivity index is 1.85. The van der Waals surface area contributed by atoms with Crippen LogP contribution in [0.15, 0.2) is 24.3 Å². The first-order chi connectivity index (χ1) is 9.70. The first-order valence-electron chi connectivity index (χ1n) is 6.87. The number of nitrogens with zero attached hydrogens (tertiary/aromatic N) is 2. The number of hydrogen-bond donors (Lipinski definition) is 1. The van der Waals surface area contributed by atoms with E-state index >= 15 is 0 Å². The van der Waals surface area contributed by atoms with Crippen LogP contribution in [-0.4, -0.2) is 36.5 Å². The summed E-state index contributed by atoms with van der Waals surface area (Å²) in [5.41, 5.74) is 6.00. The lowest BCUT2D eigenvalue weighted by molar-refractivity contribution is -0.124. The molecule has 5 nitrogen and oxygen atoms in total. The number of amides is 1. The van der Waals surface area contributed by atoms with Crippen molar-refractivity contribution < 1.29 is 9.53 Å². The molecule has 1 atom stereocenters. The Kier molecular flexibility index (Phi) is 4.97. The van der Waals surface area contributed by atoms with Gasteiger partial charge in [0.2, 0.25) is 5.91 Å². The van der Waals surface area contributed by atoms with E-state index in [2.05, 4.69) is 11.0 Å². The van der Waals surface area contributed by atoms with Crippen molar-refractivity contribution in [3.8, 4) is 11.8 Å². The van der Waals surface area contributed by atoms with Gasteiger partial charge in [-0.3, -0.25) is 9.69 Å². The summed E-state index contributed by atoms with van der Waals surface area (Å²) in [5, 5.41) is 8.82. The third kappa shape index (κ3) is 3.72. The maximum absolute atomic E-state index is 11.4. The minimum atomic E-state index is -0.254. The highest BCUT2D eigenvalue weighted by atomic mass is 16.5. The molecule has 0 aliphatic carbocycles. The fraction of sp³-hybridized carbons (Fsp3) is 0.467. The molecule has 1 aliphatic heterocycles. The summed E-state index contributed by atoms with van der Waals surface area (Å²) in [6, 6.07) is 8.97. The van der Waals surface area contributed by atoms with E-state index in [0.717, 1.165) is 25.8 Å². The molecule has 0 radical (unpaired) electrons. The summed E-state index contributed by atoms with van der Waals surface area (Å²) in [5.74, 6) is 0.424. The van der Waals surface area contributed by atoms with Crippen molar-refractivity contribution in [1.29, 1.82) is 5.26 Å². The van der Waals surface area contributed by atoms with Crippen molar-refractivity contribution >= 4 is 5.91 Å². The van der Waals surface area contributed by atoms with Gasteiger partial charge in [-0.1, -0.05) is 12.5 Å². The topological polar surface area (TPSA) is 79.3 Å². The second kappa shape index (κ2) is 6.92. The summed E-state index contributed by atoms with van der Waals surface area (Å²) in [4.78, 5) is 13.5. The van der Waals surface area contributed by atoms with Crippen LogP contribution in [0.5, 0.6) is 5.75 Å². The monoisotopic (exact) mass is 273 g/mol. The van der Waals surface area contributed by atoms with Crippen LogP contribution >= 0.6 is 0 Å². The fourth-order valence-electron chi connectivity index (χ4n) is 2.52. The highest BCUT2D eigenvalue weighted by molar-refractivity contribution is 5.79. The number of hydrogen-bond acceptors (Lipinski definition) is 4. The Hall–Kier alpha value is -2.06. The zero-order chi connectivity index (χ0) is 14.4. The van der Waals surface area contributed by atoms with Crippen LogP contribution in [0.3, 0.4) is 0 Å². The predicted octanol–water partition coefficient (Wildman–Crippen LogP) is 1.28. The molecule has 1 aromatic carbocycles. The van der Waals surface area contributed by atoms with E-state index in [1.165, 1.54) is 0 Å². The third-order valence-corrected chi connectivity index (χ3v) is 3.55. The number of primary amides is 1.